The van der Waals surface area contributed by atoms with Crippen molar-refractivity contribution < 1.29 is 23.9 Å². The summed E-state index contributed by atoms with van der Waals surface area (Å²) in [4.78, 5) is 40.8. The van der Waals surface area contributed by atoms with E-state index in [0.29, 0.717) is 62.8 Å². The number of amides is 3. The summed E-state index contributed by atoms with van der Waals surface area (Å²) in [5, 5.41) is 7.30. The van der Waals surface area contributed by atoms with Gasteiger partial charge in [-0.2, -0.15) is 5.10 Å². The average molecular weight is 427 g/mol. The number of aromatic nitrogens is 2. The zero-order valence-electron chi connectivity index (χ0n) is 17.6. The summed E-state index contributed by atoms with van der Waals surface area (Å²) in [6.45, 7) is 2.94. The number of esters is 1. The minimum absolute atomic E-state index is 0.124. The van der Waals surface area contributed by atoms with E-state index in [1.165, 1.54) is 7.11 Å². The zero-order valence-corrected chi connectivity index (χ0v) is 17.6. The Morgan fingerprint density at radius 1 is 1.06 bits per heavy atom. The van der Waals surface area contributed by atoms with Gasteiger partial charge < -0.3 is 24.6 Å². The Morgan fingerprint density at radius 2 is 1.77 bits per heavy atom. The van der Waals surface area contributed by atoms with Crippen LogP contribution in [0.25, 0.3) is 0 Å². The maximum absolute atomic E-state index is 13.0. The van der Waals surface area contributed by atoms with Crippen molar-refractivity contribution >= 4 is 23.6 Å². The molecular weight excluding hydrogens is 402 g/mol. The van der Waals surface area contributed by atoms with Crippen molar-refractivity contribution in [1.82, 2.24) is 19.6 Å². The minimum atomic E-state index is -0.435. The molecular formula is C21H25N5O5. The molecule has 0 bridgehead atoms. The number of nitrogens with zero attached hydrogens (tertiary/aromatic N) is 4. The molecule has 2 aliphatic heterocycles. The van der Waals surface area contributed by atoms with E-state index in [1.54, 1.807) is 38.7 Å². The number of anilines is 1. The number of nitrogens with one attached hydrogen (secondary N) is 1. The first kappa shape index (κ1) is 20.9. The number of hydrogen-bond acceptors (Lipinski definition) is 6. The van der Waals surface area contributed by atoms with Crippen molar-refractivity contribution in [2.75, 3.05) is 45.3 Å². The topological polar surface area (TPSA) is 106 Å². The first-order valence-electron chi connectivity index (χ1n) is 10.1. The van der Waals surface area contributed by atoms with Gasteiger partial charge in [0.1, 0.15) is 0 Å². The standard InChI is InChI=1S/C21H25N5O5/c1-24-17-7-8-26(21(29)22-15-5-3-14(4-6-15)20(28)30-2)13-16(17)18(23-24)19(27)25-9-11-31-12-10-25/h3-6H,7-13H2,1-2H3,(H,22,29). The number of methoxy groups -OCH3 is 1. The number of benzene rings is 1. The molecule has 0 saturated carbocycles. The van der Waals surface area contributed by atoms with Crippen LogP contribution in [0.5, 0.6) is 0 Å². The fourth-order valence-electron chi connectivity index (χ4n) is 3.86. The third kappa shape index (κ3) is 4.24. The number of morpholine rings is 1. The van der Waals surface area contributed by atoms with Gasteiger partial charge >= 0.3 is 12.0 Å². The molecule has 0 unspecified atom stereocenters. The molecule has 1 saturated heterocycles. The summed E-state index contributed by atoms with van der Waals surface area (Å²) in [6.07, 6.45) is 0.615. The highest BCUT2D eigenvalue weighted by Gasteiger charge is 2.31. The zero-order chi connectivity index (χ0) is 22.0. The van der Waals surface area contributed by atoms with E-state index in [2.05, 4.69) is 15.2 Å². The van der Waals surface area contributed by atoms with Crippen LogP contribution in [-0.2, 0) is 29.5 Å². The van der Waals surface area contributed by atoms with Crippen LogP contribution in [-0.4, -0.2) is 77.4 Å². The maximum atomic E-state index is 13.0. The lowest BCUT2D eigenvalue weighted by atomic mass is 10.0. The number of hydrogen-bond donors (Lipinski definition) is 1. The van der Waals surface area contributed by atoms with Crippen molar-refractivity contribution in [2.24, 2.45) is 7.05 Å². The molecule has 3 heterocycles. The van der Waals surface area contributed by atoms with Crippen LogP contribution in [0.3, 0.4) is 0 Å². The monoisotopic (exact) mass is 427 g/mol. The summed E-state index contributed by atoms with van der Waals surface area (Å²) in [6, 6.07) is 6.21. The van der Waals surface area contributed by atoms with Crippen molar-refractivity contribution in [1.29, 1.82) is 0 Å². The van der Waals surface area contributed by atoms with Gasteiger partial charge in [-0.05, 0) is 24.3 Å². The summed E-state index contributed by atoms with van der Waals surface area (Å²) in [7, 11) is 3.15. The number of fused-ring (bicyclic) bond motifs is 1. The predicted octanol–water partition coefficient (Wildman–Crippen LogP) is 1.27. The van der Waals surface area contributed by atoms with Crippen LogP contribution in [0.15, 0.2) is 24.3 Å². The highest BCUT2D eigenvalue weighted by Crippen LogP contribution is 2.24. The lowest BCUT2D eigenvalue weighted by Gasteiger charge is -2.29. The second-order valence-corrected chi connectivity index (χ2v) is 7.47. The molecule has 31 heavy (non-hydrogen) atoms. The Bertz CT molecular complexity index is 994. The molecule has 1 fully saturated rings. The Kier molecular flexibility index (Phi) is 5.90. The van der Waals surface area contributed by atoms with E-state index in [1.807, 2.05) is 7.05 Å². The highest BCUT2D eigenvalue weighted by atomic mass is 16.5. The van der Waals surface area contributed by atoms with Crippen molar-refractivity contribution in [3.05, 3.63) is 46.8 Å². The number of carbonyl (C=O) groups is 3. The van der Waals surface area contributed by atoms with Gasteiger partial charge in [-0.1, -0.05) is 0 Å². The quantitative estimate of drug-likeness (QED) is 0.740. The maximum Gasteiger partial charge on any atom is 0.337 e. The molecule has 164 valence electrons. The fourth-order valence-corrected chi connectivity index (χ4v) is 3.86. The lowest BCUT2D eigenvalue weighted by Crippen LogP contribution is -2.42. The van der Waals surface area contributed by atoms with Crippen molar-refractivity contribution in [3.8, 4) is 0 Å². The van der Waals surface area contributed by atoms with Gasteiger partial charge in [0, 0.05) is 50.0 Å². The van der Waals surface area contributed by atoms with Crippen molar-refractivity contribution in [3.63, 3.8) is 0 Å². The Hall–Kier alpha value is -3.40. The molecule has 0 aliphatic carbocycles. The lowest BCUT2D eigenvalue weighted by molar-refractivity contribution is 0.0297. The van der Waals surface area contributed by atoms with Gasteiger partial charge in [0.15, 0.2) is 5.69 Å². The van der Waals surface area contributed by atoms with Gasteiger partial charge in [-0.3, -0.25) is 9.48 Å². The van der Waals surface area contributed by atoms with Crippen LogP contribution in [0.4, 0.5) is 10.5 Å². The van der Waals surface area contributed by atoms with Crippen LogP contribution in [0.2, 0.25) is 0 Å². The number of aryl methyl sites for hydroxylation is 1. The second kappa shape index (κ2) is 8.76. The Balaban J connectivity index is 1.47. The first-order valence-corrected chi connectivity index (χ1v) is 10.1. The fraction of sp³-hybridized carbons (Fsp3) is 0.429. The van der Waals surface area contributed by atoms with E-state index in [0.717, 1.165) is 11.3 Å². The number of urea groups is 1. The predicted molar refractivity (Wildman–Crippen MR) is 111 cm³/mol. The van der Waals surface area contributed by atoms with Gasteiger partial charge in [-0.15, -0.1) is 0 Å². The number of ether oxygens (including phenoxy) is 2. The highest BCUT2D eigenvalue weighted by molar-refractivity contribution is 5.95. The molecule has 0 radical (unpaired) electrons. The summed E-state index contributed by atoms with van der Waals surface area (Å²) in [5.74, 6) is -0.559. The molecule has 3 amide bonds. The second-order valence-electron chi connectivity index (χ2n) is 7.47. The van der Waals surface area contributed by atoms with E-state index < -0.39 is 5.97 Å². The van der Waals surface area contributed by atoms with Crippen LogP contribution in [0.1, 0.15) is 32.1 Å². The van der Waals surface area contributed by atoms with Gasteiger partial charge in [-0.25, -0.2) is 9.59 Å². The van der Waals surface area contributed by atoms with Crippen LogP contribution >= 0.6 is 0 Å². The molecule has 4 rings (SSSR count). The van der Waals surface area contributed by atoms with E-state index in [9.17, 15) is 14.4 Å². The van der Waals surface area contributed by atoms with Crippen molar-refractivity contribution in [2.45, 2.75) is 13.0 Å². The molecule has 0 atom stereocenters. The smallest absolute Gasteiger partial charge is 0.337 e. The molecule has 1 aromatic carbocycles. The number of carbonyl (C=O) groups excluding carboxylic acids is 3. The molecule has 10 nitrogen and oxygen atoms in total. The average Bonchev–Trinajstić information content (AvgIpc) is 3.15. The third-order valence-electron chi connectivity index (χ3n) is 5.59. The number of rotatable bonds is 3. The van der Waals surface area contributed by atoms with E-state index in [-0.39, 0.29) is 11.9 Å². The molecule has 1 aromatic heterocycles. The van der Waals surface area contributed by atoms with Gasteiger partial charge in [0.05, 0.1) is 32.4 Å². The largest absolute Gasteiger partial charge is 0.465 e. The minimum Gasteiger partial charge on any atom is -0.465 e. The van der Waals surface area contributed by atoms with E-state index in [4.69, 9.17) is 4.74 Å². The summed E-state index contributed by atoms with van der Waals surface area (Å²) >= 11 is 0. The molecule has 2 aliphatic rings. The van der Waals surface area contributed by atoms with E-state index >= 15 is 0 Å². The van der Waals surface area contributed by atoms with Gasteiger partial charge in [0.25, 0.3) is 5.91 Å². The normalized spacial score (nSPS) is 15.9. The van der Waals surface area contributed by atoms with Crippen LogP contribution in [0, 0.1) is 0 Å². The molecule has 2 aromatic rings. The molecule has 0 spiro atoms. The Morgan fingerprint density at radius 3 is 2.45 bits per heavy atom. The third-order valence-corrected chi connectivity index (χ3v) is 5.59. The first-order chi connectivity index (χ1) is 15.0. The van der Waals surface area contributed by atoms with Crippen LogP contribution < -0.4 is 5.32 Å². The SMILES string of the molecule is COC(=O)c1ccc(NC(=O)N2CCc3c(c(C(=O)N4CCOCC4)nn3C)C2)cc1. The van der Waals surface area contributed by atoms with Gasteiger partial charge in [0.2, 0.25) is 0 Å². The summed E-state index contributed by atoms with van der Waals surface area (Å²) in [5.41, 5.74) is 3.15. The molecule has 10 heteroatoms. The molecule has 1 N–H and O–H groups in total. The summed E-state index contributed by atoms with van der Waals surface area (Å²) < 4.78 is 11.8. The Labute approximate surface area is 179 Å².